The Morgan fingerprint density at radius 2 is 1.53 bits per heavy atom. The molecule has 0 saturated heterocycles. The minimum absolute atomic E-state index is 0.185. The van der Waals surface area contributed by atoms with Crippen molar-refractivity contribution in [3.63, 3.8) is 0 Å². The Kier molecular flexibility index (Phi) is 6.96. The summed E-state index contributed by atoms with van der Waals surface area (Å²) in [6, 6.07) is 0. The molecule has 0 spiro atoms. The Morgan fingerprint density at radius 1 is 1.05 bits per heavy atom. The molecule has 1 rings (SSSR count). The second-order valence-electron chi connectivity index (χ2n) is 6.62. The van der Waals surface area contributed by atoms with E-state index in [1.54, 1.807) is 0 Å². The highest BCUT2D eigenvalue weighted by Gasteiger charge is 2.33. The Balaban J connectivity index is 2.51. The smallest absolute Gasteiger partial charge is 0.225 e. The van der Waals surface area contributed by atoms with Gasteiger partial charge in [0.15, 0.2) is 0 Å². The van der Waals surface area contributed by atoms with Gasteiger partial charge in [0, 0.05) is 30.8 Å². The van der Waals surface area contributed by atoms with Crippen molar-refractivity contribution in [1.82, 2.24) is 4.90 Å². The quantitative estimate of drug-likeness (QED) is 0.699. The topological polar surface area (TPSA) is 20.3 Å². The van der Waals surface area contributed by atoms with Crippen molar-refractivity contribution in [3.8, 4) is 0 Å². The minimum Gasteiger partial charge on any atom is -0.340 e. The lowest BCUT2D eigenvalue weighted by atomic mass is 9.69. The summed E-state index contributed by atoms with van der Waals surface area (Å²) >= 11 is 11.5. The van der Waals surface area contributed by atoms with Gasteiger partial charge in [0.2, 0.25) is 5.91 Å². The number of nitrogens with zero attached hydrogens (tertiary/aromatic N) is 1. The van der Waals surface area contributed by atoms with Crippen molar-refractivity contribution in [2.75, 3.05) is 24.8 Å². The summed E-state index contributed by atoms with van der Waals surface area (Å²) in [5.74, 6) is 2.16. The zero-order valence-electron chi connectivity index (χ0n) is 12.4. The molecular weight excluding hydrogens is 281 g/mol. The molecule has 0 aromatic carbocycles. The molecule has 0 heterocycles. The van der Waals surface area contributed by atoms with Gasteiger partial charge >= 0.3 is 0 Å². The molecule has 1 aliphatic carbocycles. The van der Waals surface area contributed by atoms with E-state index >= 15 is 0 Å². The second kappa shape index (κ2) is 7.73. The maximum Gasteiger partial charge on any atom is 0.225 e. The average Bonchev–Trinajstić information content (AvgIpc) is 2.37. The van der Waals surface area contributed by atoms with Gasteiger partial charge < -0.3 is 4.90 Å². The van der Waals surface area contributed by atoms with E-state index in [1.807, 2.05) is 4.90 Å². The molecule has 0 unspecified atom stereocenters. The van der Waals surface area contributed by atoms with Gasteiger partial charge in [0.25, 0.3) is 0 Å². The fourth-order valence-corrected chi connectivity index (χ4v) is 3.41. The van der Waals surface area contributed by atoms with Crippen LogP contribution in [0, 0.1) is 17.3 Å². The summed E-state index contributed by atoms with van der Waals surface area (Å²) in [6.07, 6.45) is 4.36. The van der Waals surface area contributed by atoms with E-state index in [2.05, 4.69) is 20.8 Å². The summed E-state index contributed by atoms with van der Waals surface area (Å²) in [6.45, 7) is 8.13. The molecule has 0 aromatic rings. The van der Waals surface area contributed by atoms with E-state index in [0.717, 1.165) is 31.6 Å². The van der Waals surface area contributed by atoms with Gasteiger partial charge in [-0.05, 0) is 37.0 Å². The fourth-order valence-electron chi connectivity index (χ4n) is 3.00. The van der Waals surface area contributed by atoms with Gasteiger partial charge in [-0.15, -0.1) is 23.2 Å². The van der Waals surface area contributed by atoms with Gasteiger partial charge in [-0.2, -0.15) is 0 Å². The van der Waals surface area contributed by atoms with Crippen LogP contribution < -0.4 is 0 Å². The van der Waals surface area contributed by atoms with Crippen molar-refractivity contribution in [2.24, 2.45) is 17.3 Å². The van der Waals surface area contributed by atoms with Gasteiger partial charge in [-0.1, -0.05) is 20.8 Å². The number of halogens is 2. The van der Waals surface area contributed by atoms with E-state index in [4.69, 9.17) is 23.2 Å². The molecule has 0 N–H and O–H groups in total. The van der Waals surface area contributed by atoms with Crippen LogP contribution in [0.1, 0.15) is 46.5 Å². The summed E-state index contributed by atoms with van der Waals surface area (Å²) < 4.78 is 0. The van der Waals surface area contributed by atoms with Gasteiger partial charge in [-0.25, -0.2) is 0 Å². The number of carbonyl (C=O) groups excluding carboxylic acids is 1. The van der Waals surface area contributed by atoms with Gasteiger partial charge in [-0.3, -0.25) is 4.79 Å². The largest absolute Gasteiger partial charge is 0.340 e. The third-order valence-electron chi connectivity index (χ3n) is 4.32. The molecular formula is C15H27Cl2NO. The molecule has 112 valence electrons. The highest BCUT2D eigenvalue weighted by Crippen LogP contribution is 2.40. The lowest BCUT2D eigenvalue weighted by Gasteiger charge is -2.37. The van der Waals surface area contributed by atoms with Crippen molar-refractivity contribution in [3.05, 3.63) is 0 Å². The summed E-state index contributed by atoms with van der Waals surface area (Å²) in [5.41, 5.74) is 0.361. The monoisotopic (exact) mass is 307 g/mol. The summed E-state index contributed by atoms with van der Waals surface area (Å²) in [5, 5.41) is 0. The first-order valence-electron chi connectivity index (χ1n) is 7.31. The molecule has 1 saturated carbocycles. The van der Waals surface area contributed by atoms with Crippen LogP contribution in [0.5, 0.6) is 0 Å². The zero-order chi connectivity index (χ0) is 14.5. The SMILES string of the molecule is CC(C)(C)C1CCC(C(=O)N(CCCl)CCCl)CC1. The van der Waals surface area contributed by atoms with E-state index in [-0.39, 0.29) is 11.8 Å². The van der Waals surface area contributed by atoms with Crippen LogP contribution in [0.4, 0.5) is 0 Å². The normalized spacial score (nSPS) is 24.3. The van der Waals surface area contributed by atoms with Gasteiger partial charge in [0.1, 0.15) is 0 Å². The van der Waals surface area contributed by atoms with Crippen LogP contribution in [0.25, 0.3) is 0 Å². The van der Waals surface area contributed by atoms with Crippen LogP contribution in [-0.2, 0) is 4.79 Å². The maximum atomic E-state index is 12.4. The fraction of sp³-hybridized carbons (Fsp3) is 0.933. The second-order valence-corrected chi connectivity index (χ2v) is 7.37. The molecule has 0 atom stereocenters. The van der Waals surface area contributed by atoms with Crippen LogP contribution in [0.2, 0.25) is 0 Å². The molecule has 1 aliphatic rings. The Labute approximate surface area is 127 Å². The highest BCUT2D eigenvalue weighted by molar-refractivity contribution is 6.18. The lowest BCUT2D eigenvalue weighted by molar-refractivity contribution is -0.136. The molecule has 0 aliphatic heterocycles. The first-order chi connectivity index (χ1) is 8.90. The van der Waals surface area contributed by atoms with Crippen LogP contribution in [0.15, 0.2) is 0 Å². The predicted octanol–water partition coefficient (Wildman–Crippen LogP) is 4.15. The third-order valence-corrected chi connectivity index (χ3v) is 4.66. The highest BCUT2D eigenvalue weighted by atomic mass is 35.5. The van der Waals surface area contributed by atoms with Crippen LogP contribution in [0.3, 0.4) is 0 Å². The van der Waals surface area contributed by atoms with Crippen LogP contribution in [-0.4, -0.2) is 35.7 Å². The lowest BCUT2D eigenvalue weighted by Crippen LogP contribution is -2.40. The summed E-state index contributed by atoms with van der Waals surface area (Å²) in [4.78, 5) is 14.3. The molecule has 1 fully saturated rings. The van der Waals surface area contributed by atoms with E-state index < -0.39 is 0 Å². The van der Waals surface area contributed by atoms with Crippen molar-refractivity contribution < 1.29 is 4.79 Å². The first kappa shape index (κ1) is 17.1. The van der Waals surface area contributed by atoms with Crippen molar-refractivity contribution in [2.45, 2.75) is 46.5 Å². The van der Waals surface area contributed by atoms with E-state index in [9.17, 15) is 4.79 Å². The molecule has 0 aromatic heterocycles. The summed E-state index contributed by atoms with van der Waals surface area (Å²) in [7, 11) is 0. The number of hydrogen-bond donors (Lipinski definition) is 0. The number of carbonyl (C=O) groups is 1. The average molecular weight is 308 g/mol. The van der Waals surface area contributed by atoms with Crippen molar-refractivity contribution >= 4 is 29.1 Å². The Bertz CT molecular complexity index is 274. The van der Waals surface area contributed by atoms with Crippen molar-refractivity contribution in [1.29, 1.82) is 0 Å². The number of rotatable bonds is 5. The molecule has 19 heavy (non-hydrogen) atoms. The number of alkyl halides is 2. The van der Waals surface area contributed by atoms with Crippen LogP contribution >= 0.6 is 23.2 Å². The first-order valence-corrected chi connectivity index (χ1v) is 8.37. The zero-order valence-corrected chi connectivity index (χ0v) is 13.9. The van der Waals surface area contributed by atoms with E-state index in [1.165, 1.54) is 0 Å². The minimum atomic E-state index is 0.185. The Morgan fingerprint density at radius 3 is 1.89 bits per heavy atom. The standard InChI is InChI=1S/C15H27Cl2NO/c1-15(2,3)13-6-4-12(5-7-13)14(19)18(10-8-16)11-9-17/h12-13H,4-11H2,1-3H3. The number of hydrogen-bond acceptors (Lipinski definition) is 1. The predicted molar refractivity (Wildman–Crippen MR) is 82.9 cm³/mol. The third kappa shape index (κ3) is 5.15. The molecule has 2 nitrogen and oxygen atoms in total. The molecule has 0 bridgehead atoms. The molecule has 4 heteroatoms. The Hall–Kier alpha value is 0.0500. The number of amides is 1. The molecule has 0 radical (unpaired) electrons. The van der Waals surface area contributed by atoms with E-state index in [0.29, 0.717) is 30.3 Å². The van der Waals surface area contributed by atoms with Gasteiger partial charge in [0.05, 0.1) is 0 Å². The maximum absolute atomic E-state index is 12.4. The molecule has 1 amide bonds.